The van der Waals surface area contributed by atoms with Gasteiger partial charge in [0.05, 0.1) is 17.0 Å². The smallest absolute Gasteiger partial charge is 0.232 e. The maximum Gasteiger partial charge on any atom is 0.232 e. The van der Waals surface area contributed by atoms with Crippen LogP contribution in [0.2, 0.25) is 10.0 Å². The Kier molecular flexibility index (Phi) is 8.86. The van der Waals surface area contributed by atoms with Crippen LogP contribution in [0.5, 0.6) is 0 Å². The molecule has 28 heavy (non-hydrogen) atoms. The molecule has 6 nitrogen and oxygen atoms in total. The van der Waals surface area contributed by atoms with Crippen molar-refractivity contribution in [3.8, 4) is 0 Å². The first-order valence-corrected chi connectivity index (χ1v) is 12.1. The molecular weight excluding hydrogens is 421 g/mol. The maximum atomic E-state index is 12.2. The van der Waals surface area contributed by atoms with Crippen molar-refractivity contribution in [1.82, 2.24) is 10.2 Å². The Hall–Kier alpha value is -1.02. The molecule has 1 aromatic carbocycles. The van der Waals surface area contributed by atoms with Crippen molar-refractivity contribution in [2.45, 2.75) is 32.1 Å². The topological polar surface area (TPSA) is 69.7 Å². The fraction of sp³-hybridized carbons (Fsp3) is 0.632. The van der Waals surface area contributed by atoms with Crippen molar-refractivity contribution in [2.75, 3.05) is 43.8 Å². The van der Waals surface area contributed by atoms with Gasteiger partial charge in [-0.25, -0.2) is 8.42 Å². The summed E-state index contributed by atoms with van der Waals surface area (Å²) in [6, 6.07) is 4.69. The molecule has 0 aromatic heterocycles. The lowest BCUT2D eigenvalue weighted by Gasteiger charge is -2.28. The largest absolute Gasteiger partial charge is 0.356 e. The normalized spacial score (nSPS) is 16.1. The number of halogens is 2. The number of hydrogen-bond acceptors (Lipinski definition) is 4. The highest BCUT2D eigenvalue weighted by Gasteiger charge is 2.21. The Morgan fingerprint density at radius 3 is 2.61 bits per heavy atom. The molecule has 1 aliphatic heterocycles. The highest BCUT2D eigenvalue weighted by molar-refractivity contribution is 7.92. The number of carbonyl (C=O) groups is 1. The number of nitrogens with one attached hydrogen (secondary N) is 1. The van der Waals surface area contributed by atoms with Crippen LogP contribution in [0.15, 0.2) is 18.2 Å². The second kappa shape index (κ2) is 10.7. The Morgan fingerprint density at radius 2 is 1.96 bits per heavy atom. The number of carbonyl (C=O) groups excluding carboxylic acids is 1. The summed E-state index contributed by atoms with van der Waals surface area (Å²) in [5.74, 6) is 0.612. The molecule has 9 heteroatoms. The lowest BCUT2D eigenvalue weighted by atomic mass is 9.94. The minimum Gasteiger partial charge on any atom is -0.356 e. The van der Waals surface area contributed by atoms with Crippen molar-refractivity contribution < 1.29 is 13.2 Å². The number of piperidine rings is 1. The summed E-state index contributed by atoms with van der Waals surface area (Å²) in [7, 11) is -1.40. The average Bonchev–Trinajstić information content (AvgIpc) is 2.62. The van der Waals surface area contributed by atoms with E-state index in [1.54, 1.807) is 12.1 Å². The van der Waals surface area contributed by atoms with Gasteiger partial charge in [-0.15, -0.1) is 0 Å². The van der Waals surface area contributed by atoms with E-state index < -0.39 is 10.0 Å². The van der Waals surface area contributed by atoms with Gasteiger partial charge in [-0.3, -0.25) is 9.10 Å². The van der Waals surface area contributed by atoms with E-state index in [9.17, 15) is 13.2 Å². The zero-order chi connectivity index (χ0) is 20.7. The third-order valence-corrected chi connectivity index (χ3v) is 6.79. The van der Waals surface area contributed by atoms with E-state index in [2.05, 4.69) is 17.3 Å². The molecule has 2 rings (SSSR count). The van der Waals surface area contributed by atoms with Gasteiger partial charge in [0.1, 0.15) is 0 Å². The predicted octanol–water partition coefficient (Wildman–Crippen LogP) is 3.39. The van der Waals surface area contributed by atoms with Crippen molar-refractivity contribution in [3.05, 3.63) is 28.2 Å². The second-order valence-corrected chi connectivity index (χ2v) is 10.2. The van der Waals surface area contributed by atoms with E-state index in [4.69, 9.17) is 23.2 Å². The van der Waals surface area contributed by atoms with Crippen LogP contribution >= 0.6 is 23.2 Å². The summed E-state index contributed by atoms with van der Waals surface area (Å²) >= 11 is 12.1. The molecule has 0 spiro atoms. The first-order chi connectivity index (χ1) is 13.2. The van der Waals surface area contributed by atoms with Crippen molar-refractivity contribution in [2.24, 2.45) is 5.92 Å². The van der Waals surface area contributed by atoms with Crippen LogP contribution in [0, 0.1) is 5.92 Å². The number of benzene rings is 1. The summed E-state index contributed by atoms with van der Waals surface area (Å²) < 4.78 is 25.5. The molecule has 1 fully saturated rings. The molecule has 158 valence electrons. The second-order valence-electron chi connectivity index (χ2n) is 7.42. The van der Waals surface area contributed by atoms with Gasteiger partial charge in [0.15, 0.2) is 0 Å². The van der Waals surface area contributed by atoms with Gasteiger partial charge in [-0.2, -0.15) is 0 Å². The molecule has 1 aromatic rings. The standard InChI is InChI=1S/C19H29Cl2N3O3S/c1-23-12-8-15(9-13-23)7-10-22-19(25)4-3-11-24(28(2,26)27)18-14-16(20)5-6-17(18)21/h5-6,14-15H,3-4,7-13H2,1-2H3,(H,22,25). The number of hydrogen-bond donors (Lipinski definition) is 1. The number of nitrogens with zero attached hydrogens (tertiary/aromatic N) is 2. The van der Waals surface area contributed by atoms with Crippen molar-refractivity contribution in [3.63, 3.8) is 0 Å². The van der Waals surface area contributed by atoms with E-state index in [1.807, 2.05) is 0 Å². The Bertz CT molecular complexity index is 766. The zero-order valence-electron chi connectivity index (χ0n) is 16.5. The van der Waals surface area contributed by atoms with Gasteiger partial charge < -0.3 is 10.2 Å². The van der Waals surface area contributed by atoms with E-state index >= 15 is 0 Å². The molecule has 0 radical (unpaired) electrons. The third-order valence-electron chi connectivity index (χ3n) is 5.06. The van der Waals surface area contributed by atoms with Crippen LogP contribution in [-0.4, -0.2) is 58.7 Å². The van der Waals surface area contributed by atoms with Gasteiger partial charge in [0.2, 0.25) is 15.9 Å². The highest BCUT2D eigenvalue weighted by Crippen LogP contribution is 2.30. The van der Waals surface area contributed by atoms with E-state index in [0.717, 1.165) is 25.8 Å². The minimum atomic E-state index is -3.54. The van der Waals surface area contributed by atoms with Gasteiger partial charge in [-0.1, -0.05) is 23.2 Å². The Labute approximate surface area is 178 Å². The van der Waals surface area contributed by atoms with Crippen molar-refractivity contribution >= 4 is 44.8 Å². The maximum absolute atomic E-state index is 12.2. The molecule has 1 heterocycles. The fourth-order valence-electron chi connectivity index (χ4n) is 3.38. The van der Waals surface area contributed by atoms with E-state index in [0.29, 0.717) is 34.6 Å². The first-order valence-electron chi connectivity index (χ1n) is 9.55. The SMILES string of the molecule is CN1CCC(CCNC(=O)CCCN(c2cc(Cl)ccc2Cl)S(C)(=O)=O)CC1. The van der Waals surface area contributed by atoms with Crippen molar-refractivity contribution in [1.29, 1.82) is 0 Å². The van der Waals surface area contributed by atoms with Crippen LogP contribution < -0.4 is 9.62 Å². The molecule has 0 atom stereocenters. The van der Waals surface area contributed by atoms with Gasteiger partial charge in [0, 0.05) is 24.5 Å². The molecule has 1 saturated heterocycles. The molecular formula is C19H29Cl2N3O3S. The predicted molar refractivity (Wildman–Crippen MR) is 116 cm³/mol. The number of amides is 1. The third kappa shape index (κ3) is 7.43. The monoisotopic (exact) mass is 449 g/mol. The van der Waals surface area contributed by atoms with Crippen LogP contribution in [0.25, 0.3) is 0 Å². The van der Waals surface area contributed by atoms with Crippen LogP contribution in [-0.2, 0) is 14.8 Å². The summed E-state index contributed by atoms with van der Waals surface area (Å²) in [5, 5.41) is 3.65. The van der Waals surface area contributed by atoms with E-state index in [-0.39, 0.29) is 18.9 Å². The summed E-state index contributed by atoms with van der Waals surface area (Å²) in [5.41, 5.74) is 0.333. The molecule has 0 unspecified atom stereocenters. The molecule has 0 saturated carbocycles. The molecule has 1 N–H and O–H groups in total. The number of rotatable bonds is 9. The van der Waals surface area contributed by atoms with Crippen LogP contribution in [0.3, 0.4) is 0 Å². The summed E-state index contributed by atoms with van der Waals surface area (Å²) in [6.07, 6.45) is 5.12. The van der Waals surface area contributed by atoms with Gasteiger partial charge in [0.25, 0.3) is 0 Å². The molecule has 1 amide bonds. The van der Waals surface area contributed by atoms with Crippen LogP contribution in [0.4, 0.5) is 5.69 Å². The van der Waals surface area contributed by atoms with Gasteiger partial charge >= 0.3 is 0 Å². The fourth-order valence-corrected chi connectivity index (χ4v) is 4.79. The number of anilines is 1. The Morgan fingerprint density at radius 1 is 1.29 bits per heavy atom. The molecule has 1 aliphatic rings. The molecule has 0 aliphatic carbocycles. The van der Waals surface area contributed by atoms with E-state index in [1.165, 1.54) is 23.2 Å². The summed E-state index contributed by atoms with van der Waals surface area (Å²) in [6.45, 7) is 3.07. The zero-order valence-corrected chi connectivity index (χ0v) is 18.8. The minimum absolute atomic E-state index is 0.0569. The average molecular weight is 450 g/mol. The summed E-state index contributed by atoms with van der Waals surface area (Å²) in [4.78, 5) is 14.4. The first kappa shape index (κ1) is 23.3. The Balaban J connectivity index is 1.79. The highest BCUT2D eigenvalue weighted by atomic mass is 35.5. The lowest BCUT2D eigenvalue weighted by Crippen LogP contribution is -2.34. The van der Waals surface area contributed by atoms with Crippen LogP contribution in [0.1, 0.15) is 32.1 Å². The molecule has 0 bridgehead atoms. The quantitative estimate of drug-likeness (QED) is 0.626. The number of likely N-dealkylation sites (tertiary alicyclic amines) is 1. The van der Waals surface area contributed by atoms with Gasteiger partial charge in [-0.05, 0) is 69.9 Å². The number of sulfonamides is 1. The lowest BCUT2D eigenvalue weighted by molar-refractivity contribution is -0.121.